The number of hydrogen-bond donors (Lipinski definition) is 2. The summed E-state index contributed by atoms with van der Waals surface area (Å²) in [6.07, 6.45) is 1.93. The van der Waals surface area contributed by atoms with Crippen LogP contribution in [0.1, 0.15) is 51.6 Å². The van der Waals surface area contributed by atoms with E-state index in [1.165, 1.54) is 0 Å². The molecule has 1 aliphatic heterocycles. The van der Waals surface area contributed by atoms with Gasteiger partial charge >= 0.3 is 6.03 Å². The van der Waals surface area contributed by atoms with E-state index in [1.54, 1.807) is 4.90 Å². The first-order valence-electron chi connectivity index (χ1n) is 11.7. The number of Topliss-reactive ketones (excluding diaryl/α,β-unsaturated/α-hetero) is 1. The Bertz CT molecular complexity index is 1050. The van der Waals surface area contributed by atoms with Gasteiger partial charge in [0.25, 0.3) is 0 Å². The molecule has 2 aromatic carbocycles. The molecule has 4 rings (SSSR count). The standard InChI is InChI=1S/C27H33N3O3/c1-4-33-16-10-15-28-26(32)30-22-14-9-8-13-20(22)29-21-17-27(2,3)18-23(31)24(21)25(30)19-11-6-5-7-12-19/h5-9,11-14,25,29H,4,10,15-18H2,1-3H3,(H,28,32)/t25-/m0/s1. The molecule has 0 aromatic heterocycles. The number of anilines is 2. The maximum absolute atomic E-state index is 13.7. The molecule has 6 heteroatoms. The SMILES string of the molecule is CCOCCCNC(=O)N1c2ccccc2NC2=C(C(=O)CC(C)(C)C2)[C@@H]1c1ccccc1. The molecule has 0 bridgehead atoms. The van der Waals surface area contributed by atoms with Crippen molar-refractivity contribution in [2.75, 3.05) is 30.0 Å². The van der Waals surface area contributed by atoms with Crippen LogP contribution in [-0.2, 0) is 9.53 Å². The first-order valence-corrected chi connectivity index (χ1v) is 11.7. The molecular formula is C27H33N3O3. The Morgan fingerprint density at radius 3 is 2.61 bits per heavy atom. The van der Waals surface area contributed by atoms with Gasteiger partial charge in [-0.3, -0.25) is 9.69 Å². The zero-order valence-electron chi connectivity index (χ0n) is 19.7. The van der Waals surface area contributed by atoms with Crippen molar-refractivity contribution >= 4 is 23.2 Å². The van der Waals surface area contributed by atoms with Crippen LogP contribution in [0.3, 0.4) is 0 Å². The van der Waals surface area contributed by atoms with Gasteiger partial charge in [0.15, 0.2) is 5.78 Å². The largest absolute Gasteiger partial charge is 0.382 e. The van der Waals surface area contributed by atoms with Gasteiger partial charge in [-0.1, -0.05) is 56.3 Å². The summed E-state index contributed by atoms with van der Waals surface area (Å²) in [5, 5.41) is 6.58. The molecule has 2 N–H and O–H groups in total. The number of ether oxygens (including phenoxy) is 1. The number of amides is 2. The van der Waals surface area contributed by atoms with Crippen LogP contribution in [0.4, 0.5) is 16.2 Å². The van der Waals surface area contributed by atoms with Crippen LogP contribution in [0.25, 0.3) is 0 Å². The van der Waals surface area contributed by atoms with Crippen molar-refractivity contribution in [3.05, 3.63) is 71.4 Å². The number of para-hydroxylation sites is 2. The molecule has 33 heavy (non-hydrogen) atoms. The zero-order valence-corrected chi connectivity index (χ0v) is 19.7. The van der Waals surface area contributed by atoms with E-state index in [2.05, 4.69) is 24.5 Å². The second kappa shape index (κ2) is 9.79. The van der Waals surface area contributed by atoms with Gasteiger partial charge < -0.3 is 15.4 Å². The third-order valence-electron chi connectivity index (χ3n) is 6.18. The molecular weight excluding hydrogens is 414 g/mol. The Labute approximate surface area is 196 Å². The molecule has 2 aliphatic rings. The van der Waals surface area contributed by atoms with Crippen molar-refractivity contribution in [1.29, 1.82) is 0 Å². The molecule has 0 spiro atoms. The predicted octanol–water partition coefficient (Wildman–Crippen LogP) is 5.44. The Balaban J connectivity index is 1.80. The van der Waals surface area contributed by atoms with E-state index >= 15 is 0 Å². The quantitative estimate of drug-likeness (QED) is 0.579. The van der Waals surface area contributed by atoms with Gasteiger partial charge in [0.2, 0.25) is 0 Å². The first kappa shape index (κ1) is 23.1. The number of benzene rings is 2. The van der Waals surface area contributed by atoms with Gasteiger partial charge in [0.1, 0.15) is 0 Å². The Morgan fingerprint density at radius 2 is 1.85 bits per heavy atom. The summed E-state index contributed by atoms with van der Waals surface area (Å²) in [4.78, 5) is 29.0. The smallest absolute Gasteiger partial charge is 0.322 e. The highest BCUT2D eigenvalue weighted by Gasteiger charge is 2.43. The van der Waals surface area contributed by atoms with Gasteiger partial charge in [-0.25, -0.2) is 4.79 Å². The van der Waals surface area contributed by atoms with Gasteiger partial charge in [-0.05, 0) is 42.9 Å². The number of nitrogens with zero attached hydrogens (tertiary/aromatic N) is 1. The summed E-state index contributed by atoms with van der Waals surface area (Å²) in [7, 11) is 0. The van der Waals surface area contributed by atoms with E-state index in [0.717, 1.165) is 35.5 Å². The van der Waals surface area contributed by atoms with Crippen LogP contribution >= 0.6 is 0 Å². The molecule has 0 fully saturated rings. The number of rotatable bonds is 6. The van der Waals surface area contributed by atoms with Crippen molar-refractivity contribution in [3.8, 4) is 0 Å². The fourth-order valence-corrected chi connectivity index (χ4v) is 4.76. The minimum Gasteiger partial charge on any atom is -0.382 e. The topological polar surface area (TPSA) is 70.7 Å². The Hall–Kier alpha value is -3.12. The molecule has 2 aromatic rings. The van der Waals surface area contributed by atoms with Crippen molar-refractivity contribution in [2.24, 2.45) is 5.41 Å². The lowest BCUT2D eigenvalue weighted by Crippen LogP contribution is -2.45. The molecule has 2 amide bonds. The third kappa shape index (κ3) is 4.96. The molecule has 0 saturated heterocycles. The van der Waals surface area contributed by atoms with E-state index in [0.29, 0.717) is 31.8 Å². The van der Waals surface area contributed by atoms with Crippen LogP contribution in [-0.4, -0.2) is 31.6 Å². The summed E-state index contributed by atoms with van der Waals surface area (Å²) >= 11 is 0. The number of carbonyl (C=O) groups is 2. The molecule has 0 saturated carbocycles. The monoisotopic (exact) mass is 447 g/mol. The second-order valence-corrected chi connectivity index (χ2v) is 9.44. The minimum absolute atomic E-state index is 0.0876. The maximum atomic E-state index is 13.7. The lowest BCUT2D eigenvalue weighted by Gasteiger charge is -2.37. The fourth-order valence-electron chi connectivity index (χ4n) is 4.76. The molecule has 0 unspecified atom stereocenters. The summed E-state index contributed by atoms with van der Waals surface area (Å²) < 4.78 is 5.40. The minimum atomic E-state index is -0.507. The second-order valence-electron chi connectivity index (χ2n) is 9.44. The van der Waals surface area contributed by atoms with E-state index in [9.17, 15) is 9.59 Å². The van der Waals surface area contributed by atoms with Gasteiger partial charge in [0.05, 0.1) is 17.4 Å². The van der Waals surface area contributed by atoms with Crippen LogP contribution < -0.4 is 15.5 Å². The average molecular weight is 448 g/mol. The molecule has 0 radical (unpaired) electrons. The van der Waals surface area contributed by atoms with E-state index < -0.39 is 6.04 Å². The maximum Gasteiger partial charge on any atom is 0.322 e. The van der Waals surface area contributed by atoms with E-state index in [1.807, 2.05) is 61.5 Å². The van der Waals surface area contributed by atoms with Crippen LogP contribution in [0.5, 0.6) is 0 Å². The highest BCUT2D eigenvalue weighted by Crippen LogP contribution is 2.48. The molecule has 1 atom stereocenters. The average Bonchev–Trinajstić information content (AvgIpc) is 2.93. The molecule has 1 heterocycles. The van der Waals surface area contributed by atoms with Crippen molar-refractivity contribution in [1.82, 2.24) is 5.32 Å². The van der Waals surface area contributed by atoms with Crippen molar-refractivity contribution in [2.45, 2.75) is 46.1 Å². The highest BCUT2D eigenvalue weighted by molar-refractivity contribution is 6.06. The van der Waals surface area contributed by atoms with Gasteiger partial charge in [0, 0.05) is 37.4 Å². The Kier molecular flexibility index (Phi) is 6.84. The van der Waals surface area contributed by atoms with Crippen molar-refractivity contribution in [3.63, 3.8) is 0 Å². The summed E-state index contributed by atoms with van der Waals surface area (Å²) in [5.41, 5.74) is 3.95. The summed E-state index contributed by atoms with van der Waals surface area (Å²) in [6.45, 7) is 7.95. The number of carbonyl (C=O) groups excluding carboxylic acids is 2. The fraction of sp³-hybridized carbons (Fsp3) is 0.407. The number of nitrogens with one attached hydrogen (secondary N) is 2. The predicted molar refractivity (Wildman–Crippen MR) is 131 cm³/mol. The van der Waals surface area contributed by atoms with Crippen LogP contribution in [0, 0.1) is 5.41 Å². The third-order valence-corrected chi connectivity index (χ3v) is 6.18. The number of urea groups is 1. The lowest BCUT2D eigenvalue weighted by atomic mass is 9.73. The number of fused-ring (bicyclic) bond motifs is 1. The summed E-state index contributed by atoms with van der Waals surface area (Å²) in [6, 6.07) is 16.9. The summed E-state index contributed by atoms with van der Waals surface area (Å²) in [5.74, 6) is 0.0876. The number of ketones is 1. The highest BCUT2D eigenvalue weighted by atomic mass is 16.5. The first-order chi connectivity index (χ1) is 15.9. The Morgan fingerprint density at radius 1 is 1.12 bits per heavy atom. The molecule has 174 valence electrons. The lowest BCUT2D eigenvalue weighted by molar-refractivity contribution is -0.118. The van der Waals surface area contributed by atoms with Gasteiger partial charge in [-0.2, -0.15) is 0 Å². The number of allylic oxidation sites excluding steroid dienone is 1. The molecule has 1 aliphatic carbocycles. The van der Waals surface area contributed by atoms with Crippen LogP contribution in [0.15, 0.2) is 65.9 Å². The van der Waals surface area contributed by atoms with Crippen molar-refractivity contribution < 1.29 is 14.3 Å². The van der Waals surface area contributed by atoms with E-state index in [-0.39, 0.29) is 17.2 Å². The zero-order chi connectivity index (χ0) is 23.4. The molecule has 6 nitrogen and oxygen atoms in total. The van der Waals surface area contributed by atoms with Gasteiger partial charge in [-0.15, -0.1) is 0 Å². The number of hydrogen-bond acceptors (Lipinski definition) is 4. The normalized spacial score (nSPS) is 19.3. The van der Waals surface area contributed by atoms with E-state index in [4.69, 9.17) is 4.74 Å². The van der Waals surface area contributed by atoms with Crippen LogP contribution in [0.2, 0.25) is 0 Å².